The van der Waals surface area contributed by atoms with E-state index < -0.39 is 22.8 Å². The van der Waals surface area contributed by atoms with Gasteiger partial charge in [-0.25, -0.2) is 4.98 Å². The Labute approximate surface area is 170 Å². The summed E-state index contributed by atoms with van der Waals surface area (Å²) in [5, 5.41) is 15.7. The molecule has 1 unspecified atom stereocenters. The van der Waals surface area contributed by atoms with Crippen LogP contribution in [0.2, 0.25) is 0 Å². The number of aromatic nitrogens is 1. The first-order valence-corrected chi connectivity index (χ1v) is 9.45. The number of nitro groups is 1. The molecule has 12 heteroatoms. The van der Waals surface area contributed by atoms with Crippen LogP contribution >= 0.6 is 11.3 Å². The summed E-state index contributed by atoms with van der Waals surface area (Å²) in [5.74, 6) is -0.997. The molecule has 11 nitrogen and oxygen atoms in total. The Balaban J connectivity index is 1.97. The fourth-order valence-electron chi connectivity index (χ4n) is 2.14. The highest BCUT2D eigenvalue weighted by molar-refractivity contribution is 7.18. The molecule has 1 aromatic heterocycles. The van der Waals surface area contributed by atoms with Crippen LogP contribution in [0.15, 0.2) is 30.5 Å². The third-order valence-electron chi connectivity index (χ3n) is 3.55. The van der Waals surface area contributed by atoms with Gasteiger partial charge in [0.25, 0.3) is 11.8 Å². The topological polar surface area (TPSA) is 159 Å². The summed E-state index contributed by atoms with van der Waals surface area (Å²) in [6.45, 7) is 2.93. The summed E-state index contributed by atoms with van der Waals surface area (Å²) in [4.78, 5) is 38.8. The lowest BCUT2D eigenvalue weighted by Crippen LogP contribution is -2.30. The lowest BCUT2D eigenvalue weighted by molar-refractivity contribution is -0.380. The summed E-state index contributed by atoms with van der Waals surface area (Å²) < 4.78 is 10.6. The molecule has 1 aromatic carbocycles. The second-order valence-corrected chi connectivity index (χ2v) is 6.67. The maximum atomic E-state index is 12.5. The number of rotatable bonds is 11. The van der Waals surface area contributed by atoms with Gasteiger partial charge in [-0.1, -0.05) is 12.1 Å². The van der Waals surface area contributed by atoms with Crippen LogP contribution in [0.1, 0.15) is 17.3 Å². The minimum atomic E-state index is -0.769. The molecule has 4 N–H and O–H groups in total. The van der Waals surface area contributed by atoms with Gasteiger partial charge in [0.15, 0.2) is 5.13 Å². The predicted molar refractivity (Wildman–Crippen MR) is 107 cm³/mol. The van der Waals surface area contributed by atoms with Crippen molar-refractivity contribution in [1.29, 1.82) is 0 Å². The Morgan fingerprint density at radius 2 is 2.03 bits per heavy atom. The van der Waals surface area contributed by atoms with Gasteiger partial charge in [-0.05, 0) is 30.4 Å². The SMILES string of the molecule is CC(OCCOCCN)C(=O)Nc1ccccc1C(=O)Nc1ncc([N+](=O)[O-])s1. The van der Waals surface area contributed by atoms with Crippen molar-refractivity contribution in [3.63, 3.8) is 0 Å². The number of anilines is 2. The molecule has 0 aliphatic heterocycles. The van der Waals surface area contributed by atoms with Crippen LogP contribution in [-0.2, 0) is 14.3 Å². The van der Waals surface area contributed by atoms with Gasteiger partial charge in [-0.15, -0.1) is 0 Å². The van der Waals surface area contributed by atoms with Gasteiger partial charge in [0.1, 0.15) is 12.3 Å². The van der Waals surface area contributed by atoms with Crippen LogP contribution in [0.3, 0.4) is 0 Å². The van der Waals surface area contributed by atoms with Crippen LogP contribution < -0.4 is 16.4 Å². The average molecular weight is 423 g/mol. The molecule has 2 amide bonds. The van der Waals surface area contributed by atoms with E-state index in [1.807, 2.05) is 0 Å². The number of nitrogens with one attached hydrogen (secondary N) is 2. The molecule has 0 saturated carbocycles. The fraction of sp³-hybridized carbons (Fsp3) is 0.353. The summed E-state index contributed by atoms with van der Waals surface area (Å²) in [5.41, 5.74) is 5.76. The van der Waals surface area contributed by atoms with Crippen molar-refractivity contribution < 1.29 is 24.0 Å². The van der Waals surface area contributed by atoms with Gasteiger partial charge < -0.3 is 20.5 Å². The monoisotopic (exact) mass is 423 g/mol. The highest BCUT2D eigenvalue weighted by Gasteiger charge is 2.19. The van der Waals surface area contributed by atoms with Crippen molar-refractivity contribution in [2.75, 3.05) is 37.0 Å². The number of nitrogens with two attached hydrogens (primary N) is 1. The first-order chi connectivity index (χ1) is 13.9. The van der Waals surface area contributed by atoms with Crippen molar-refractivity contribution in [3.05, 3.63) is 46.1 Å². The predicted octanol–water partition coefficient (Wildman–Crippen LogP) is 1.62. The third-order valence-corrected chi connectivity index (χ3v) is 4.41. The maximum absolute atomic E-state index is 12.5. The second-order valence-electron chi connectivity index (χ2n) is 5.66. The van der Waals surface area contributed by atoms with E-state index in [4.69, 9.17) is 15.2 Å². The van der Waals surface area contributed by atoms with Crippen molar-refractivity contribution in [2.45, 2.75) is 13.0 Å². The van der Waals surface area contributed by atoms with Crippen LogP contribution in [0.4, 0.5) is 15.8 Å². The Kier molecular flexibility index (Phi) is 8.61. The summed E-state index contributed by atoms with van der Waals surface area (Å²) in [6.07, 6.45) is 0.290. The molecular weight excluding hydrogens is 402 g/mol. The van der Waals surface area contributed by atoms with Crippen molar-refractivity contribution in [1.82, 2.24) is 4.98 Å². The lowest BCUT2D eigenvalue weighted by atomic mass is 10.1. The van der Waals surface area contributed by atoms with E-state index in [-0.39, 0.29) is 28.0 Å². The zero-order chi connectivity index (χ0) is 21.2. The van der Waals surface area contributed by atoms with Crippen LogP contribution in [0.5, 0.6) is 0 Å². The molecule has 2 rings (SSSR count). The minimum absolute atomic E-state index is 0.0806. The molecule has 0 fully saturated rings. The standard InChI is InChI=1S/C17H21N5O6S/c1-11(28-9-8-27-7-6-18)15(23)20-13-5-3-2-4-12(13)16(24)21-17-19-10-14(29-17)22(25)26/h2-5,10-11H,6-9,18H2,1H3,(H,20,23)(H,19,21,24). The van der Waals surface area contributed by atoms with E-state index in [9.17, 15) is 19.7 Å². The van der Waals surface area contributed by atoms with E-state index >= 15 is 0 Å². The molecular formula is C17H21N5O6S. The van der Waals surface area contributed by atoms with Crippen molar-refractivity contribution in [3.8, 4) is 0 Å². The van der Waals surface area contributed by atoms with Gasteiger partial charge in [-0.3, -0.25) is 25.0 Å². The number of carbonyl (C=O) groups excluding carboxylic acids is 2. The van der Waals surface area contributed by atoms with E-state index in [1.54, 1.807) is 25.1 Å². The lowest BCUT2D eigenvalue weighted by Gasteiger charge is -2.15. The third kappa shape index (κ3) is 6.87. The zero-order valence-electron chi connectivity index (χ0n) is 15.6. The van der Waals surface area contributed by atoms with Gasteiger partial charge in [-0.2, -0.15) is 0 Å². The Hall–Kier alpha value is -2.93. The smallest absolute Gasteiger partial charge is 0.345 e. The number of amides is 2. The Morgan fingerprint density at radius 1 is 1.28 bits per heavy atom. The fourth-order valence-corrected chi connectivity index (χ4v) is 2.77. The average Bonchev–Trinajstić information content (AvgIpc) is 3.16. The number of hydrogen-bond acceptors (Lipinski definition) is 9. The van der Waals surface area contributed by atoms with E-state index in [2.05, 4.69) is 15.6 Å². The minimum Gasteiger partial charge on any atom is -0.378 e. The van der Waals surface area contributed by atoms with Gasteiger partial charge in [0, 0.05) is 6.54 Å². The molecule has 2 aromatic rings. The Morgan fingerprint density at radius 3 is 2.72 bits per heavy atom. The molecule has 0 aliphatic carbocycles. The first kappa shape index (κ1) is 22.4. The quantitative estimate of drug-likeness (QED) is 0.279. The highest BCUT2D eigenvalue weighted by atomic mass is 32.1. The van der Waals surface area contributed by atoms with Gasteiger partial charge in [0.05, 0.1) is 36.0 Å². The number of thiazole rings is 1. The Bertz CT molecular complexity index is 858. The summed E-state index contributed by atoms with van der Waals surface area (Å²) in [6, 6.07) is 6.36. The van der Waals surface area contributed by atoms with Crippen LogP contribution in [0, 0.1) is 10.1 Å². The summed E-state index contributed by atoms with van der Waals surface area (Å²) in [7, 11) is 0. The van der Waals surface area contributed by atoms with E-state index in [0.717, 1.165) is 17.5 Å². The molecule has 0 saturated heterocycles. The largest absolute Gasteiger partial charge is 0.378 e. The van der Waals surface area contributed by atoms with E-state index in [1.165, 1.54) is 6.07 Å². The molecule has 29 heavy (non-hydrogen) atoms. The molecule has 156 valence electrons. The number of para-hydroxylation sites is 1. The zero-order valence-corrected chi connectivity index (χ0v) is 16.4. The molecule has 1 heterocycles. The maximum Gasteiger partial charge on any atom is 0.345 e. The molecule has 0 aliphatic rings. The molecule has 0 spiro atoms. The van der Waals surface area contributed by atoms with Gasteiger partial charge >= 0.3 is 5.00 Å². The normalized spacial score (nSPS) is 11.7. The van der Waals surface area contributed by atoms with E-state index in [0.29, 0.717) is 19.8 Å². The summed E-state index contributed by atoms with van der Waals surface area (Å²) >= 11 is 0.734. The number of nitrogens with zero attached hydrogens (tertiary/aromatic N) is 2. The van der Waals surface area contributed by atoms with Crippen LogP contribution in [-0.4, -0.2) is 54.2 Å². The number of carbonyl (C=O) groups is 2. The first-order valence-electron chi connectivity index (χ1n) is 8.63. The highest BCUT2D eigenvalue weighted by Crippen LogP contribution is 2.26. The number of hydrogen-bond donors (Lipinski definition) is 3. The number of ether oxygens (including phenoxy) is 2. The van der Waals surface area contributed by atoms with Crippen molar-refractivity contribution >= 4 is 39.0 Å². The molecule has 0 bridgehead atoms. The van der Waals surface area contributed by atoms with Crippen LogP contribution in [0.25, 0.3) is 0 Å². The molecule has 1 atom stereocenters. The number of benzene rings is 1. The van der Waals surface area contributed by atoms with Crippen molar-refractivity contribution in [2.24, 2.45) is 5.73 Å². The second kappa shape index (κ2) is 11.2. The molecule has 0 radical (unpaired) electrons. The van der Waals surface area contributed by atoms with Gasteiger partial charge in [0.2, 0.25) is 0 Å².